The molecule has 4 bridgehead atoms. The number of rotatable bonds is 1. The highest BCUT2D eigenvalue weighted by molar-refractivity contribution is 6.31. The molecule has 0 saturated heterocycles. The molecule has 4 rings (SSSR count). The van der Waals surface area contributed by atoms with E-state index in [2.05, 4.69) is 5.32 Å². The molecule has 1 unspecified atom stereocenters. The molecule has 0 fully saturated rings. The van der Waals surface area contributed by atoms with Crippen molar-refractivity contribution in [3.05, 3.63) is 70.0 Å². The number of allylic oxidation sites excluding steroid dienone is 5. The molecule has 2 heterocycles. The zero-order valence-corrected chi connectivity index (χ0v) is 26.6. The molecule has 3 aliphatic rings. The van der Waals surface area contributed by atoms with E-state index in [0.29, 0.717) is 0 Å². The minimum absolute atomic E-state index is 0.138. The van der Waals surface area contributed by atoms with E-state index in [4.69, 9.17) is 0 Å². The van der Waals surface area contributed by atoms with Gasteiger partial charge in [0.25, 0.3) is 0 Å². The van der Waals surface area contributed by atoms with Crippen LogP contribution in [0, 0.1) is 36.5 Å². The first-order chi connectivity index (χ1) is 21.5. The Hall–Kier alpha value is -3.94. The number of aromatic hydroxyl groups is 2. The van der Waals surface area contributed by atoms with Gasteiger partial charge in [-0.15, -0.1) is 0 Å². The molecule has 1 aromatic rings. The van der Waals surface area contributed by atoms with Gasteiger partial charge in [0.2, 0.25) is 11.7 Å². The van der Waals surface area contributed by atoms with Crippen molar-refractivity contribution < 1.29 is 54.9 Å². The number of Topliss-reactive ketones (excluding diaryl/α,β-unsaturated/α-hetero) is 2. The second-order valence-corrected chi connectivity index (χ2v) is 12.4. The Labute approximate surface area is 267 Å². The van der Waals surface area contributed by atoms with E-state index < -0.39 is 118 Å². The van der Waals surface area contributed by atoms with Crippen molar-refractivity contribution in [1.29, 1.82) is 0 Å². The SMILES string of the molecule is C/C1=C/C(CO)[C@H](O)[C@@H](C)[C@@H](O)[C@H](C)[C@H](O)[C@H](C)[C@@H](O)[C@@H](C)/C=C/C=C\C(=O)NC2=CC(=O)c3c(c(O)c(C)c(O)c3C1=O)C2=O. The largest absolute Gasteiger partial charge is 0.507 e. The number of carbonyl (C=O) groups excluding carboxylic acids is 4. The van der Waals surface area contributed by atoms with Crippen molar-refractivity contribution in [2.45, 2.75) is 66.0 Å². The van der Waals surface area contributed by atoms with E-state index in [9.17, 15) is 54.9 Å². The maximum Gasteiger partial charge on any atom is 0.248 e. The van der Waals surface area contributed by atoms with Crippen LogP contribution in [0.25, 0.3) is 0 Å². The number of hydrogen-bond acceptors (Lipinski definition) is 11. The molecular weight excluding hydrogens is 598 g/mol. The fourth-order valence-corrected chi connectivity index (χ4v) is 5.99. The summed E-state index contributed by atoms with van der Waals surface area (Å²) in [4.78, 5) is 53.1. The molecule has 0 radical (unpaired) electrons. The molecule has 0 spiro atoms. The predicted octanol–water partition coefficient (Wildman–Crippen LogP) is 1.64. The second-order valence-electron chi connectivity index (χ2n) is 12.4. The lowest BCUT2D eigenvalue weighted by atomic mass is 9.76. The Morgan fingerprint density at radius 3 is 1.80 bits per heavy atom. The summed E-state index contributed by atoms with van der Waals surface area (Å²) in [6, 6.07) is 0. The fourth-order valence-electron chi connectivity index (χ4n) is 5.99. The highest BCUT2D eigenvalue weighted by atomic mass is 16.3. The quantitative estimate of drug-likeness (QED) is 0.220. The van der Waals surface area contributed by atoms with Gasteiger partial charge in [0, 0.05) is 47.3 Å². The first-order valence-corrected chi connectivity index (χ1v) is 15.1. The van der Waals surface area contributed by atoms with Crippen molar-refractivity contribution in [3.63, 3.8) is 0 Å². The molecule has 1 amide bonds. The summed E-state index contributed by atoms with van der Waals surface area (Å²) in [6.45, 7) is 8.21. The van der Waals surface area contributed by atoms with Crippen LogP contribution in [0.5, 0.6) is 11.5 Å². The maximum atomic E-state index is 13.7. The Morgan fingerprint density at radius 1 is 0.717 bits per heavy atom. The highest BCUT2D eigenvalue weighted by Gasteiger charge is 2.39. The van der Waals surface area contributed by atoms with Crippen molar-refractivity contribution >= 4 is 23.3 Å². The number of fused-ring (bicyclic) bond motifs is 15. The van der Waals surface area contributed by atoms with Gasteiger partial charge in [-0.25, -0.2) is 0 Å². The zero-order chi connectivity index (χ0) is 34.8. The summed E-state index contributed by atoms with van der Waals surface area (Å²) in [5.74, 6) is -9.33. The molecule has 12 heteroatoms. The summed E-state index contributed by atoms with van der Waals surface area (Å²) in [5.41, 5.74) is -2.63. The van der Waals surface area contributed by atoms with Gasteiger partial charge < -0.3 is 41.1 Å². The zero-order valence-electron chi connectivity index (χ0n) is 26.6. The van der Waals surface area contributed by atoms with Crippen LogP contribution in [0.4, 0.5) is 0 Å². The summed E-state index contributed by atoms with van der Waals surface area (Å²) in [7, 11) is 0. The standard InChI is InChI=1S/C34H43NO11/c1-14-9-7-8-10-23(38)35-21-12-22(37)24-25(32(44)19(6)33(45)26(24)34(21)46)28(40)15(2)11-20(13-36)31(43)18(5)30(42)17(4)29(41)16(3)27(14)39/h7-12,14,16-18,20,27,29-31,36,39,41-45H,13H2,1-6H3,(H,35,38)/b9-7+,10-8-,15-11-/t14-,16+,17+,18-,20?,27-,29+,30-,31+/m0/s1. The number of phenols is 2. The summed E-state index contributed by atoms with van der Waals surface area (Å²) in [5, 5.41) is 78.3. The van der Waals surface area contributed by atoms with Gasteiger partial charge in [-0.3, -0.25) is 19.2 Å². The number of hydrogen-bond donors (Lipinski definition) is 8. The first-order valence-electron chi connectivity index (χ1n) is 15.1. The third-order valence-electron chi connectivity index (χ3n) is 9.18. The van der Waals surface area contributed by atoms with E-state index in [0.717, 1.165) is 12.2 Å². The number of benzene rings is 1. The van der Waals surface area contributed by atoms with E-state index in [1.54, 1.807) is 26.8 Å². The number of carbonyl (C=O) groups is 4. The lowest BCUT2D eigenvalue weighted by molar-refractivity contribution is -0.115. The van der Waals surface area contributed by atoms with Crippen molar-refractivity contribution in [2.24, 2.45) is 29.6 Å². The molecule has 46 heavy (non-hydrogen) atoms. The number of amides is 1. The maximum absolute atomic E-state index is 13.7. The van der Waals surface area contributed by atoms with Crippen molar-refractivity contribution in [2.75, 3.05) is 6.61 Å². The third kappa shape index (κ3) is 7.06. The van der Waals surface area contributed by atoms with Gasteiger partial charge in [0.1, 0.15) is 11.5 Å². The lowest BCUT2D eigenvalue weighted by Gasteiger charge is -2.37. The number of ketones is 3. The molecule has 12 nitrogen and oxygen atoms in total. The Morgan fingerprint density at radius 2 is 1.24 bits per heavy atom. The summed E-state index contributed by atoms with van der Waals surface area (Å²) < 4.78 is 0. The van der Waals surface area contributed by atoms with Crippen LogP contribution in [0.1, 0.15) is 71.3 Å². The molecule has 250 valence electrons. The Bertz CT molecular complexity index is 1520. The predicted molar refractivity (Wildman–Crippen MR) is 167 cm³/mol. The first kappa shape index (κ1) is 36.5. The monoisotopic (exact) mass is 641 g/mol. The van der Waals surface area contributed by atoms with Crippen molar-refractivity contribution in [3.8, 4) is 11.5 Å². The van der Waals surface area contributed by atoms with Gasteiger partial charge >= 0.3 is 0 Å². The second kappa shape index (κ2) is 14.7. The van der Waals surface area contributed by atoms with Crippen LogP contribution in [-0.2, 0) is 4.79 Å². The van der Waals surface area contributed by atoms with E-state index in [1.165, 1.54) is 39.0 Å². The molecule has 8 N–H and O–H groups in total. The van der Waals surface area contributed by atoms with Crippen LogP contribution in [0.3, 0.4) is 0 Å². The molecular formula is C34H43NO11. The average molecular weight is 642 g/mol. The Balaban J connectivity index is 2.20. The molecule has 2 aliphatic heterocycles. The van der Waals surface area contributed by atoms with E-state index >= 15 is 0 Å². The lowest BCUT2D eigenvalue weighted by Crippen LogP contribution is -2.46. The number of aliphatic hydroxyl groups excluding tert-OH is 5. The van der Waals surface area contributed by atoms with Crippen LogP contribution in [0.2, 0.25) is 0 Å². The number of phenolic OH excluding ortho intramolecular Hbond substituents is 2. The molecule has 1 aliphatic carbocycles. The van der Waals surface area contributed by atoms with Crippen LogP contribution in [0.15, 0.2) is 47.7 Å². The van der Waals surface area contributed by atoms with Gasteiger partial charge in [-0.1, -0.05) is 52.0 Å². The number of nitrogens with one attached hydrogen (secondary N) is 1. The average Bonchev–Trinajstić information content (AvgIpc) is 3.03. The minimum atomic E-state index is -1.44. The fraction of sp³-hybridized carbons (Fsp3) is 0.471. The van der Waals surface area contributed by atoms with Crippen LogP contribution >= 0.6 is 0 Å². The van der Waals surface area contributed by atoms with Gasteiger partial charge in [-0.05, 0) is 19.4 Å². The van der Waals surface area contributed by atoms with Gasteiger partial charge in [-0.2, -0.15) is 0 Å². The summed E-state index contributed by atoms with van der Waals surface area (Å²) in [6.07, 6.45) is 2.41. The molecule has 9 atom stereocenters. The topological polar surface area (TPSA) is 222 Å². The normalized spacial score (nSPS) is 34.4. The summed E-state index contributed by atoms with van der Waals surface area (Å²) >= 11 is 0. The number of aliphatic hydroxyl groups is 5. The Kier molecular flexibility index (Phi) is 11.6. The van der Waals surface area contributed by atoms with Gasteiger partial charge in [0.15, 0.2) is 11.6 Å². The van der Waals surface area contributed by atoms with Gasteiger partial charge in [0.05, 0.1) is 53.4 Å². The molecule has 0 saturated carbocycles. The van der Waals surface area contributed by atoms with Crippen LogP contribution < -0.4 is 5.32 Å². The van der Waals surface area contributed by atoms with E-state index in [-0.39, 0.29) is 11.1 Å². The van der Waals surface area contributed by atoms with E-state index in [1.807, 2.05) is 0 Å². The highest BCUT2D eigenvalue weighted by Crippen LogP contribution is 2.41. The molecule has 1 aromatic carbocycles. The molecule has 0 aromatic heterocycles. The third-order valence-corrected chi connectivity index (χ3v) is 9.18. The van der Waals surface area contributed by atoms with Crippen LogP contribution in [-0.4, -0.2) is 90.0 Å². The minimum Gasteiger partial charge on any atom is -0.507 e. The smallest absolute Gasteiger partial charge is 0.248 e. The van der Waals surface area contributed by atoms with Crippen molar-refractivity contribution in [1.82, 2.24) is 5.32 Å².